The van der Waals surface area contributed by atoms with E-state index < -0.39 is 23.7 Å². The normalized spacial score (nSPS) is 14.5. The minimum Gasteiger partial charge on any atom is -0.390 e. The summed E-state index contributed by atoms with van der Waals surface area (Å²) in [5.74, 6) is -0.716. The molecule has 0 aliphatic heterocycles. The van der Waals surface area contributed by atoms with Crippen molar-refractivity contribution in [3.63, 3.8) is 0 Å². The highest BCUT2D eigenvalue weighted by molar-refractivity contribution is 5.74. The Morgan fingerprint density at radius 1 is 1.53 bits per heavy atom. The van der Waals surface area contributed by atoms with Gasteiger partial charge in [-0.2, -0.15) is 0 Å². The van der Waals surface area contributed by atoms with Gasteiger partial charge >= 0.3 is 0 Å². The lowest BCUT2D eigenvalue weighted by Crippen LogP contribution is -2.26. The predicted molar refractivity (Wildman–Crippen MR) is 51.8 cm³/mol. The molecule has 0 bridgehead atoms. The van der Waals surface area contributed by atoms with Crippen molar-refractivity contribution < 1.29 is 15.0 Å². The zero-order chi connectivity index (χ0) is 11.4. The van der Waals surface area contributed by atoms with E-state index in [0.717, 1.165) is 6.07 Å². The molecular weight excluding hydrogens is 200 g/mol. The molecule has 2 unspecified atom stereocenters. The third-order valence-electron chi connectivity index (χ3n) is 1.92. The van der Waals surface area contributed by atoms with E-state index in [0.29, 0.717) is 0 Å². The highest BCUT2D eigenvalue weighted by atomic mass is 16.3. The molecule has 0 radical (unpaired) electrons. The van der Waals surface area contributed by atoms with Crippen molar-refractivity contribution in [1.29, 1.82) is 0 Å². The predicted octanol–water partition coefficient (Wildman–Crippen LogP) is -1.36. The molecule has 15 heavy (non-hydrogen) atoms. The Balaban J connectivity index is 2.80. The second-order valence-electron chi connectivity index (χ2n) is 3.17. The van der Waals surface area contributed by atoms with Crippen LogP contribution in [0.5, 0.6) is 0 Å². The number of nitrogens with one attached hydrogen (secondary N) is 1. The maximum absolute atomic E-state index is 10.9. The molecule has 1 rings (SSSR count). The third-order valence-corrected chi connectivity index (χ3v) is 1.92. The molecule has 82 valence electrons. The molecule has 1 aromatic heterocycles. The van der Waals surface area contributed by atoms with Crippen LogP contribution in [0.3, 0.4) is 0 Å². The number of nitrogens with two attached hydrogens (primary N) is 1. The molecule has 1 aromatic rings. The molecule has 0 spiro atoms. The highest BCUT2D eigenvalue weighted by Gasteiger charge is 2.20. The zero-order valence-corrected chi connectivity index (χ0v) is 7.88. The number of primary amides is 1. The Morgan fingerprint density at radius 3 is 2.73 bits per heavy atom. The number of pyridine rings is 1. The van der Waals surface area contributed by atoms with Crippen LogP contribution in [-0.2, 0) is 4.79 Å². The fourth-order valence-electron chi connectivity index (χ4n) is 1.19. The Kier molecular flexibility index (Phi) is 3.59. The van der Waals surface area contributed by atoms with Crippen molar-refractivity contribution in [2.45, 2.75) is 18.6 Å². The Labute approximate surface area is 85.4 Å². The maximum Gasteiger partial charge on any atom is 0.248 e. The number of aromatic amines is 1. The Morgan fingerprint density at radius 2 is 2.20 bits per heavy atom. The van der Waals surface area contributed by atoms with E-state index in [9.17, 15) is 19.8 Å². The number of rotatable bonds is 4. The standard InChI is InChI=1S/C9H12N2O4/c10-7(13)4-6(12)9(15)5-1-2-11-8(14)3-5/h1-3,6,9,12,15H,4H2,(H2,10,13)(H,11,14). The number of aliphatic hydroxyl groups is 2. The number of aliphatic hydroxyl groups excluding tert-OH is 2. The number of amides is 1. The smallest absolute Gasteiger partial charge is 0.248 e. The monoisotopic (exact) mass is 212 g/mol. The van der Waals surface area contributed by atoms with Crippen molar-refractivity contribution >= 4 is 5.91 Å². The summed E-state index contributed by atoms with van der Waals surface area (Å²) in [5, 5.41) is 18.9. The molecule has 0 aliphatic rings. The molecule has 0 fully saturated rings. The first-order valence-electron chi connectivity index (χ1n) is 4.34. The van der Waals surface area contributed by atoms with Crippen LogP contribution in [0.1, 0.15) is 18.1 Å². The van der Waals surface area contributed by atoms with Gasteiger partial charge in [0, 0.05) is 12.3 Å². The largest absolute Gasteiger partial charge is 0.390 e. The lowest BCUT2D eigenvalue weighted by Gasteiger charge is -2.16. The molecule has 0 aromatic carbocycles. The minimum atomic E-state index is -1.30. The SMILES string of the molecule is NC(=O)CC(O)C(O)c1cc[nH]c(=O)c1. The molecule has 0 saturated heterocycles. The minimum absolute atomic E-state index is 0.243. The van der Waals surface area contributed by atoms with Crippen molar-refractivity contribution in [1.82, 2.24) is 4.98 Å². The second kappa shape index (κ2) is 4.72. The van der Waals surface area contributed by atoms with Crippen LogP contribution in [-0.4, -0.2) is 27.2 Å². The van der Waals surface area contributed by atoms with Gasteiger partial charge in [0.25, 0.3) is 0 Å². The van der Waals surface area contributed by atoms with Gasteiger partial charge in [-0.15, -0.1) is 0 Å². The number of hydrogen-bond acceptors (Lipinski definition) is 4. The first-order valence-corrected chi connectivity index (χ1v) is 4.34. The van der Waals surface area contributed by atoms with Gasteiger partial charge in [-0.25, -0.2) is 0 Å². The second-order valence-corrected chi connectivity index (χ2v) is 3.17. The molecule has 1 amide bonds. The fraction of sp³-hybridized carbons (Fsp3) is 0.333. The lowest BCUT2D eigenvalue weighted by atomic mass is 10.0. The van der Waals surface area contributed by atoms with Gasteiger partial charge < -0.3 is 20.9 Å². The van der Waals surface area contributed by atoms with Crippen LogP contribution in [0, 0.1) is 0 Å². The summed E-state index contributed by atoms with van der Waals surface area (Å²) in [6.45, 7) is 0. The third kappa shape index (κ3) is 3.19. The van der Waals surface area contributed by atoms with Gasteiger partial charge in [0.1, 0.15) is 6.10 Å². The van der Waals surface area contributed by atoms with E-state index in [1.165, 1.54) is 12.3 Å². The number of H-pyrrole nitrogens is 1. The average Bonchev–Trinajstić information content (AvgIpc) is 2.15. The van der Waals surface area contributed by atoms with Gasteiger partial charge in [0.15, 0.2) is 0 Å². The molecule has 5 N–H and O–H groups in total. The number of carbonyl (C=O) groups is 1. The van der Waals surface area contributed by atoms with Crippen LogP contribution >= 0.6 is 0 Å². The topological polar surface area (TPSA) is 116 Å². The Hall–Kier alpha value is -1.66. The fourth-order valence-corrected chi connectivity index (χ4v) is 1.19. The van der Waals surface area contributed by atoms with Crippen molar-refractivity contribution in [2.24, 2.45) is 5.73 Å². The van der Waals surface area contributed by atoms with E-state index >= 15 is 0 Å². The van der Waals surface area contributed by atoms with Gasteiger partial charge in [-0.3, -0.25) is 9.59 Å². The van der Waals surface area contributed by atoms with Crippen LogP contribution in [0.25, 0.3) is 0 Å². The number of hydrogen-bond donors (Lipinski definition) is 4. The van der Waals surface area contributed by atoms with E-state index in [1.54, 1.807) is 0 Å². The summed E-state index contributed by atoms with van der Waals surface area (Å²) in [6, 6.07) is 2.59. The summed E-state index contributed by atoms with van der Waals surface area (Å²) in [6.07, 6.45) is -1.60. The van der Waals surface area contributed by atoms with Gasteiger partial charge in [-0.1, -0.05) is 0 Å². The summed E-state index contributed by atoms with van der Waals surface area (Å²) in [4.78, 5) is 23.8. The van der Waals surface area contributed by atoms with Gasteiger partial charge in [0.2, 0.25) is 11.5 Å². The molecule has 6 heteroatoms. The Bertz CT molecular complexity index is 401. The van der Waals surface area contributed by atoms with E-state index in [2.05, 4.69) is 4.98 Å². The van der Waals surface area contributed by atoms with Crippen LogP contribution in [0.4, 0.5) is 0 Å². The van der Waals surface area contributed by atoms with Crippen molar-refractivity contribution in [2.75, 3.05) is 0 Å². The first-order chi connectivity index (χ1) is 7.00. The van der Waals surface area contributed by atoms with Crippen molar-refractivity contribution in [3.8, 4) is 0 Å². The summed E-state index contributed by atoms with van der Waals surface area (Å²) >= 11 is 0. The van der Waals surface area contributed by atoms with Crippen LogP contribution in [0.2, 0.25) is 0 Å². The summed E-state index contributed by atoms with van der Waals surface area (Å²) in [7, 11) is 0. The first kappa shape index (κ1) is 11.4. The molecular formula is C9H12N2O4. The van der Waals surface area contributed by atoms with Gasteiger partial charge in [-0.05, 0) is 11.6 Å². The number of carbonyl (C=O) groups excluding carboxylic acids is 1. The van der Waals surface area contributed by atoms with Crippen LogP contribution in [0.15, 0.2) is 23.1 Å². The molecule has 0 saturated carbocycles. The van der Waals surface area contributed by atoms with E-state index in [4.69, 9.17) is 5.73 Å². The highest BCUT2D eigenvalue weighted by Crippen LogP contribution is 2.16. The van der Waals surface area contributed by atoms with Crippen molar-refractivity contribution in [3.05, 3.63) is 34.2 Å². The summed E-state index contributed by atoms with van der Waals surface area (Å²) in [5.41, 5.74) is 4.71. The quantitative estimate of drug-likeness (QED) is 0.493. The molecule has 2 atom stereocenters. The molecule has 0 aliphatic carbocycles. The van der Waals surface area contributed by atoms with E-state index in [1.807, 2.05) is 0 Å². The average molecular weight is 212 g/mol. The summed E-state index contributed by atoms with van der Waals surface area (Å²) < 4.78 is 0. The van der Waals surface area contributed by atoms with Crippen LogP contribution < -0.4 is 11.3 Å². The molecule has 6 nitrogen and oxygen atoms in total. The maximum atomic E-state index is 10.9. The molecule has 1 heterocycles. The lowest BCUT2D eigenvalue weighted by molar-refractivity contribution is -0.121. The zero-order valence-electron chi connectivity index (χ0n) is 7.88. The van der Waals surface area contributed by atoms with E-state index in [-0.39, 0.29) is 12.0 Å². The number of aromatic nitrogens is 1. The van der Waals surface area contributed by atoms with Gasteiger partial charge in [0.05, 0.1) is 12.5 Å².